The molecule has 0 aliphatic carbocycles. The molecule has 0 amide bonds. The number of rotatable bonds is 4. The normalized spacial score (nSPS) is 18.1. The first kappa shape index (κ1) is 16.2. The fourth-order valence-electron chi connectivity index (χ4n) is 4.26. The van der Waals surface area contributed by atoms with E-state index >= 15 is 0 Å². The molecule has 0 saturated carbocycles. The molecule has 25 heavy (non-hydrogen) atoms. The number of hydrogen-bond donors (Lipinski definition) is 0. The van der Waals surface area contributed by atoms with E-state index in [-0.39, 0.29) is 0 Å². The summed E-state index contributed by atoms with van der Waals surface area (Å²) in [5.74, 6) is 0. The van der Waals surface area contributed by atoms with Crippen LogP contribution in [0.2, 0.25) is 0 Å². The number of fused-ring (bicyclic) bond motifs is 1. The number of likely N-dealkylation sites (tertiary alicyclic amines) is 1. The zero-order chi connectivity index (χ0) is 17.1. The van der Waals surface area contributed by atoms with Gasteiger partial charge in [0.25, 0.3) is 0 Å². The van der Waals surface area contributed by atoms with Gasteiger partial charge in [-0.15, -0.1) is 0 Å². The van der Waals surface area contributed by atoms with Crippen LogP contribution in [0.1, 0.15) is 29.5 Å². The summed E-state index contributed by atoms with van der Waals surface area (Å²) in [6.45, 7) is 4.66. The number of benzene rings is 2. The minimum atomic E-state index is 0.655. The summed E-state index contributed by atoms with van der Waals surface area (Å²) in [6.07, 6.45) is 4.72. The Balaban J connectivity index is 1.32. The molecule has 2 aromatic rings. The predicted octanol–water partition coefficient (Wildman–Crippen LogP) is 3.63. The van der Waals surface area contributed by atoms with Gasteiger partial charge in [0.15, 0.2) is 0 Å². The molecule has 4 rings (SSSR count). The summed E-state index contributed by atoms with van der Waals surface area (Å²) in [4.78, 5) is 5.20. The minimum absolute atomic E-state index is 0.655. The van der Waals surface area contributed by atoms with Crippen molar-refractivity contribution in [3.63, 3.8) is 0 Å². The second-order valence-electron chi connectivity index (χ2n) is 7.21. The SMILES string of the molecule is N#Cc1ccc2c(c1)CCN2C1CCN(CCc2ccccc2)CC1. The molecule has 2 aromatic carbocycles. The van der Waals surface area contributed by atoms with Gasteiger partial charge in [0, 0.05) is 37.9 Å². The van der Waals surface area contributed by atoms with Crippen molar-refractivity contribution in [1.29, 1.82) is 5.26 Å². The Hall–Kier alpha value is -2.31. The van der Waals surface area contributed by atoms with Crippen molar-refractivity contribution in [3.05, 3.63) is 65.2 Å². The van der Waals surface area contributed by atoms with E-state index in [2.05, 4.69) is 58.3 Å². The minimum Gasteiger partial charge on any atom is -0.368 e. The van der Waals surface area contributed by atoms with Crippen LogP contribution < -0.4 is 4.90 Å². The Labute approximate surface area is 150 Å². The molecule has 0 aromatic heterocycles. The highest BCUT2D eigenvalue weighted by molar-refractivity contribution is 5.61. The highest BCUT2D eigenvalue weighted by atomic mass is 15.2. The van der Waals surface area contributed by atoms with Gasteiger partial charge in [-0.25, -0.2) is 0 Å². The monoisotopic (exact) mass is 331 g/mol. The van der Waals surface area contributed by atoms with Crippen molar-refractivity contribution >= 4 is 5.69 Å². The van der Waals surface area contributed by atoms with Gasteiger partial charge in [-0.3, -0.25) is 0 Å². The molecule has 2 aliphatic rings. The highest BCUT2D eigenvalue weighted by Crippen LogP contribution is 2.33. The lowest BCUT2D eigenvalue weighted by Crippen LogP contribution is -2.44. The third-order valence-electron chi connectivity index (χ3n) is 5.70. The Morgan fingerprint density at radius 2 is 1.80 bits per heavy atom. The Morgan fingerprint density at radius 3 is 2.56 bits per heavy atom. The van der Waals surface area contributed by atoms with Gasteiger partial charge in [0.1, 0.15) is 0 Å². The maximum atomic E-state index is 9.08. The average molecular weight is 331 g/mol. The molecule has 1 fully saturated rings. The fourth-order valence-corrected chi connectivity index (χ4v) is 4.26. The molecule has 2 aliphatic heterocycles. The largest absolute Gasteiger partial charge is 0.368 e. The van der Waals surface area contributed by atoms with Crippen LogP contribution in [0.15, 0.2) is 48.5 Å². The molecule has 0 atom stereocenters. The van der Waals surface area contributed by atoms with E-state index in [1.807, 2.05) is 6.07 Å². The van der Waals surface area contributed by atoms with Gasteiger partial charge in [0.2, 0.25) is 0 Å². The zero-order valence-corrected chi connectivity index (χ0v) is 14.7. The molecule has 0 bridgehead atoms. The summed E-state index contributed by atoms with van der Waals surface area (Å²) in [5.41, 5.74) is 4.94. The summed E-state index contributed by atoms with van der Waals surface area (Å²) in [7, 11) is 0. The lowest BCUT2D eigenvalue weighted by atomic mass is 10.0. The molecular formula is C22H25N3. The molecule has 0 spiro atoms. The van der Waals surface area contributed by atoms with E-state index < -0.39 is 0 Å². The van der Waals surface area contributed by atoms with E-state index in [1.54, 1.807) is 0 Å². The van der Waals surface area contributed by atoms with Crippen LogP contribution in [0.5, 0.6) is 0 Å². The number of nitrogens with zero attached hydrogens (tertiary/aromatic N) is 3. The van der Waals surface area contributed by atoms with Crippen LogP contribution >= 0.6 is 0 Å². The van der Waals surface area contributed by atoms with Crippen molar-refractivity contribution in [2.75, 3.05) is 31.1 Å². The average Bonchev–Trinajstić information content (AvgIpc) is 3.10. The predicted molar refractivity (Wildman–Crippen MR) is 102 cm³/mol. The molecular weight excluding hydrogens is 306 g/mol. The third-order valence-corrected chi connectivity index (χ3v) is 5.70. The molecule has 0 N–H and O–H groups in total. The van der Waals surface area contributed by atoms with Crippen molar-refractivity contribution in [2.45, 2.75) is 31.7 Å². The van der Waals surface area contributed by atoms with Crippen molar-refractivity contribution < 1.29 is 0 Å². The molecule has 128 valence electrons. The maximum Gasteiger partial charge on any atom is 0.0991 e. The Morgan fingerprint density at radius 1 is 1.00 bits per heavy atom. The Bertz CT molecular complexity index is 755. The summed E-state index contributed by atoms with van der Waals surface area (Å²) in [6, 6.07) is 19.9. The zero-order valence-electron chi connectivity index (χ0n) is 14.7. The van der Waals surface area contributed by atoms with E-state index in [4.69, 9.17) is 5.26 Å². The summed E-state index contributed by atoms with van der Waals surface area (Å²) >= 11 is 0. The van der Waals surface area contributed by atoms with Gasteiger partial charge >= 0.3 is 0 Å². The Kier molecular flexibility index (Phi) is 4.72. The molecule has 1 saturated heterocycles. The number of piperidine rings is 1. The van der Waals surface area contributed by atoms with Crippen LogP contribution in [-0.4, -0.2) is 37.1 Å². The van der Waals surface area contributed by atoms with Crippen LogP contribution in [-0.2, 0) is 12.8 Å². The van der Waals surface area contributed by atoms with Crippen molar-refractivity contribution in [1.82, 2.24) is 4.90 Å². The summed E-state index contributed by atoms with van der Waals surface area (Å²) < 4.78 is 0. The molecule has 2 heterocycles. The van der Waals surface area contributed by atoms with Crippen molar-refractivity contribution in [3.8, 4) is 6.07 Å². The van der Waals surface area contributed by atoms with Gasteiger partial charge in [-0.2, -0.15) is 5.26 Å². The molecule has 3 nitrogen and oxygen atoms in total. The quantitative estimate of drug-likeness (QED) is 0.857. The van der Waals surface area contributed by atoms with Crippen LogP contribution in [0.3, 0.4) is 0 Å². The first-order valence-corrected chi connectivity index (χ1v) is 9.39. The molecule has 0 radical (unpaired) electrons. The summed E-state index contributed by atoms with van der Waals surface area (Å²) in [5, 5.41) is 9.08. The lowest BCUT2D eigenvalue weighted by Gasteiger charge is -2.38. The third kappa shape index (κ3) is 3.55. The van der Waals surface area contributed by atoms with Gasteiger partial charge < -0.3 is 9.80 Å². The maximum absolute atomic E-state index is 9.08. The number of anilines is 1. The number of hydrogen-bond acceptors (Lipinski definition) is 3. The van der Waals surface area contributed by atoms with Crippen LogP contribution in [0.25, 0.3) is 0 Å². The van der Waals surface area contributed by atoms with E-state index in [1.165, 1.54) is 49.3 Å². The van der Waals surface area contributed by atoms with Gasteiger partial charge in [0.05, 0.1) is 11.6 Å². The number of nitriles is 1. The van der Waals surface area contributed by atoms with E-state index in [9.17, 15) is 0 Å². The first-order valence-electron chi connectivity index (χ1n) is 9.39. The second-order valence-corrected chi connectivity index (χ2v) is 7.21. The van der Waals surface area contributed by atoms with Gasteiger partial charge in [-0.05, 0) is 55.0 Å². The first-order chi connectivity index (χ1) is 12.3. The standard InChI is InChI=1S/C22H25N3/c23-17-19-6-7-22-20(16-19)9-15-25(22)21-10-13-24(14-11-21)12-8-18-4-2-1-3-5-18/h1-7,16,21H,8-15H2. The second kappa shape index (κ2) is 7.29. The highest BCUT2D eigenvalue weighted by Gasteiger charge is 2.29. The van der Waals surface area contributed by atoms with Crippen molar-refractivity contribution in [2.24, 2.45) is 0 Å². The van der Waals surface area contributed by atoms with Crippen LogP contribution in [0, 0.1) is 11.3 Å². The molecule has 0 unspecified atom stereocenters. The van der Waals surface area contributed by atoms with E-state index in [0.717, 1.165) is 24.9 Å². The van der Waals surface area contributed by atoms with E-state index in [0.29, 0.717) is 6.04 Å². The van der Waals surface area contributed by atoms with Gasteiger partial charge in [-0.1, -0.05) is 30.3 Å². The van der Waals surface area contributed by atoms with Crippen LogP contribution in [0.4, 0.5) is 5.69 Å². The molecule has 3 heteroatoms. The lowest BCUT2D eigenvalue weighted by molar-refractivity contribution is 0.212. The smallest absolute Gasteiger partial charge is 0.0991 e. The fraction of sp³-hybridized carbons (Fsp3) is 0.409. The topological polar surface area (TPSA) is 30.3 Å².